The van der Waals surface area contributed by atoms with Crippen molar-refractivity contribution in [2.24, 2.45) is 0 Å². The molecule has 0 amide bonds. The predicted octanol–water partition coefficient (Wildman–Crippen LogP) is 3.17. The number of nitriles is 1. The van der Waals surface area contributed by atoms with E-state index in [0.29, 0.717) is 18.8 Å². The smallest absolute Gasteiger partial charge is 0.328 e. The number of rotatable bonds is 7. The molecular weight excluding hydrogens is 242 g/mol. The highest BCUT2D eigenvalue weighted by Gasteiger charge is 2.04. The summed E-state index contributed by atoms with van der Waals surface area (Å²) >= 11 is 0. The number of aliphatic carboxylic acids is 1. The third-order valence-corrected chi connectivity index (χ3v) is 2.58. The summed E-state index contributed by atoms with van der Waals surface area (Å²) in [6.07, 6.45) is 4.77. The van der Waals surface area contributed by atoms with E-state index in [-0.39, 0.29) is 0 Å². The van der Waals surface area contributed by atoms with Crippen LogP contribution >= 0.6 is 0 Å². The van der Waals surface area contributed by atoms with Crippen LogP contribution in [0.15, 0.2) is 24.3 Å². The summed E-state index contributed by atoms with van der Waals surface area (Å²) in [6.45, 7) is 2.45. The molecule has 4 heteroatoms. The lowest BCUT2D eigenvalue weighted by Crippen LogP contribution is -2.00. The van der Waals surface area contributed by atoms with Crippen LogP contribution in [0, 0.1) is 18.3 Å². The molecule has 0 saturated carbocycles. The van der Waals surface area contributed by atoms with Gasteiger partial charge < -0.3 is 9.84 Å². The van der Waals surface area contributed by atoms with E-state index in [9.17, 15) is 4.79 Å². The van der Waals surface area contributed by atoms with Gasteiger partial charge in [0.25, 0.3) is 0 Å². The minimum atomic E-state index is -0.985. The van der Waals surface area contributed by atoms with E-state index in [1.807, 2.05) is 25.1 Å². The molecule has 0 saturated heterocycles. The van der Waals surface area contributed by atoms with Crippen molar-refractivity contribution in [1.82, 2.24) is 0 Å². The summed E-state index contributed by atoms with van der Waals surface area (Å²) in [7, 11) is 0. The fourth-order valence-corrected chi connectivity index (χ4v) is 1.64. The summed E-state index contributed by atoms with van der Waals surface area (Å²) in [5.74, 6) is -0.279. The number of benzene rings is 1. The van der Waals surface area contributed by atoms with Crippen LogP contribution in [0.4, 0.5) is 0 Å². The lowest BCUT2D eigenvalue weighted by molar-refractivity contribution is -0.131. The Hall–Kier alpha value is -2.28. The first kappa shape index (κ1) is 14.8. The van der Waals surface area contributed by atoms with E-state index in [1.54, 1.807) is 0 Å². The fraction of sp³-hybridized carbons (Fsp3) is 0.333. The van der Waals surface area contributed by atoms with Crippen LogP contribution in [0.1, 0.15) is 30.4 Å². The first-order valence-electron chi connectivity index (χ1n) is 6.15. The normalized spacial score (nSPS) is 10.3. The van der Waals surface area contributed by atoms with E-state index in [2.05, 4.69) is 6.07 Å². The molecule has 0 heterocycles. The van der Waals surface area contributed by atoms with E-state index in [0.717, 1.165) is 30.0 Å². The van der Waals surface area contributed by atoms with Crippen molar-refractivity contribution in [1.29, 1.82) is 5.26 Å². The van der Waals surface area contributed by atoms with E-state index < -0.39 is 5.97 Å². The molecule has 100 valence electrons. The van der Waals surface area contributed by atoms with Crippen molar-refractivity contribution < 1.29 is 14.6 Å². The zero-order chi connectivity index (χ0) is 14.1. The number of ether oxygens (including phenoxy) is 1. The number of unbranched alkanes of at least 4 members (excludes halogenated alkanes) is 2. The maximum absolute atomic E-state index is 10.5. The van der Waals surface area contributed by atoms with Crippen molar-refractivity contribution in [3.63, 3.8) is 0 Å². The SMILES string of the molecule is Cc1cccc(/C=C/C(=O)O)c1OCCCCC#N. The van der Waals surface area contributed by atoms with Crippen molar-refractivity contribution in [2.75, 3.05) is 6.61 Å². The number of carboxylic acid groups (broad SMARTS) is 1. The fourth-order valence-electron chi connectivity index (χ4n) is 1.64. The molecule has 4 nitrogen and oxygen atoms in total. The van der Waals surface area contributed by atoms with Crippen LogP contribution in [0.5, 0.6) is 5.75 Å². The minimum Gasteiger partial charge on any atom is -0.493 e. The third-order valence-electron chi connectivity index (χ3n) is 2.58. The monoisotopic (exact) mass is 259 g/mol. The Bertz CT molecular complexity index is 501. The van der Waals surface area contributed by atoms with Gasteiger partial charge in [0.2, 0.25) is 0 Å². The molecule has 0 radical (unpaired) electrons. The summed E-state index contributed by atoms with van der Waals surface area (Å²) in [4.78, 5) is 10.5. The average Bonchev–Trinajstić information content (AvgIpc) is 2.38. The second-order valence-electron chi connectivity index (χ2n) is 4.13. The van der Waals surface area contributed by atoms with Crippen LogP contribution in [-0.2, 0) is 4.79 Å². The molecule has 0 aromatic heterocycles. The molecule has 0 bridgehead atoms. The number of nitrogens with zero attached hydrogens (tertiary/aromatic N) is 1. The lowest BCUT2D eigenvalue weighted by atomic mass is 10.1. The first-order valence-corrected chi connectivity index (χ1v) is 6.15. The molecule has 0 aliphatic heterocycles. The maximum Gasteiger partial charge on any atom is 0.328 e. The second-order valence-corrected chi connectivity index (χ2v) is 4.13. The molecule has 0 fully saturated rings. The molecule has 1 rings (SSSR count). The highest BCUT2D eigenvalue weighted by molar-refractivity contribution is 5.86. The molecule has 1 N–H and O–H groups in total. The topological polar surface area (TPSA) is 70.3 Å². The minimum absolute atomic E-state index is 0.528. The van der Waals surface area contributed by atoms with Crippen LogP contribution in [0.2, 0.25) is 0 Å². The number of carbonyl (C=O) groups is 1. The van der Waals surface area contributed by atoms with Crippen molar-refractivity contribution in [2.45, 2.75) is 26.2 Å². The van der Waals surface area contributed by atoms with E-state index in [1.165, 1.54) is 6.08 Å². The molecule has 1 aromatic carbocycles. The Morgan fingerprint density at radius 2 is 2.26 bits per heavy atom. The Morgan fingerprint density at radius 1 is 1.47 bits per heavy atom. The zero-order valence-corrected chi connectivity index (χ0v) is 10.9. The molecule has 1 aromatic rings. The number of carboxylic acids is 1. The third kappa shape index (κ3) is 5.26. The first-order chi connectivity index (χ1) is 9.15. The number of para-hydroxylation sites is 1. The van der Waals surface area contributed by atoms with Gasteiger partial charge in [-0.1, -0.05) is 18.2 Å². The Kier molecular flexibility index (Phi) is 6.17. The van der Waals surface area contributed by atoms with Gasteiger partial charge in [-0.2, -0.15) is 5.26 Å². The van der Waals surface area contributed by atoms with Gasteiger partial charge >= 0.3 is 5.97 Å². The van der Waals surface area contributed by atoms with Crippen molar-refractivity contribution in [3.05, 3.63) is 35.4 Å². The van der Waals surface area contributed by atoms with Gasteiger partial charge in [-0.3, -0.25) is 0 Å². The lowest BCUT2D eigenvalue weighted by Gasteiger charge is -2.11. The Balaban J connectivity index is 2.70. The largest absolute Gasteiger partial charge is 0.493 e. The van der Waals surface area contributed by atoms with Gasteiger partial charge in [0, 0.05) is 18.1 Å². The molecule has 0 aliphatic carbocycles. The quantitative estimate of drug-likeness (QED) is 0.603. The standard InChI is InChI=1S/C15H17NO3/c1-12-6-5-7-13(8-9-14(17)18)15(12)19-11-4-2-3-10-16/h5-9H,2-4,11H2,1H3,(H,17,18)/b9-8+. The molecule has 0 unspecified atom stereocenters. The van der Waals surface area contributed by atoms with Crippen molar-refractivity contribution >= 4 is 12.0 Å². The van der Waals surface area contributed by atoms with Crippen molar-refractivity contribution in [3.8, 4) is 11.8 Å². The predicted molar refractivity (Wildman–Crippen MR) is 72.8 cm³/mol. The van der Waals surface area contributed by atoms with E-state index >= 15 is 0 Å². The molecule has 0 aliphatic rings. The molecular formula is C15H17NO3. The maximum atomic E-state index is 10.5. The van der Waals surface area contributed by atoms with Gasteiger partial charge in [0.15, 0.2) is 0 Å². The summed E-state index contributed by atoms with van der Waals surface area (Å²) in [5, 5.41) is 17.1. The molecule has 19 heavy (non-hydrogen) atoms. The number of aryl methyl sites for hydroxylation is 1. The summed E-state index contributed by atoms with van der Waals surface area (Å²) < 4.78 is 5.69. The van der Waals surface area contributed by atoms with Gasteiger partial charge in [0.05, 0.1) is 12.7 Å². The average molecular weight is 259 g/mol. The number of hydrogen-bond donors (Lipinski definition) is 1. The Labute approximate surface area is 112 Å². The van der Waals surface area contributed by atoms with Gasteiger partial charge in [-0.05, 0) is 31.4 Å². The highest BCUT2D eigenvalue weighted by atomic mass is 16.5. The summed E-state index contributed by atoms with van der Waals surface area (Å²) in [5.41, 5.74) is 1.72. The van der Waals surface area contributed by atoms with Crippen LogP contribution in [0.25, 0.3) is 6.08 Å². The second kappa shape index (κ2) is 7.93. The Morgan fingerprint density at radius 3 is 2.95 bits per heavy atom. The van der Waals surface area contributed by atoms with Gasteiger partial charge in [-0.15, -0.1) is 0 Å². The van der Waals surface area contributed by atoms with Crippen LogP contribution < -0.4 is 4.74 Å². The van der Waals surface area contributed by atoms with Crippen LogP contribution in [0.3, 0.4) is 0 Å². The van der Waals surface area contributed by atoms with E-state index in [4.69, 9.17) is 15.1 Å². The summed E-state index contributed by atoms with van der Waals surface area (Å²) in [6, 6.07) is 7.69. The van der Waals surface area contributed by atoms with Gasteiger partial charge in [0.1, 0.15) is 5.75 Å². The zero-order valence-electron chi connectivity index (χ0n) is 10.9. The van der Waals surface area contributed by atoms with Gasteiger partial charge in [-0.25, -0.2) is 4.79 Å². The van der Waals surface area contributed by atoms with Crippen LogP contribution in [-0.4, -0.2) is 17.7 Å². The molecule has 0 spiro atoms. The number of hydrogen-bond acceptors (Lipinski definition) is 3. The molecule has 0 atom stereocenters. The highest BCUT2D eigenvalue weighted by Crippen LogP contribution is 2.25.